The van der Waals surface area contributed by atoms with E-state index in [9.17, 15) is 0 Å². The maximum atomic E-state index is 6.39. The number of benzene rings is 6. The fourth-order valence-electron chi connectivity index (χ4n) is 4.57. The van der Waals surface area contributed by atoms with Crippen molar-refractivity contribution in [2.45, 2.75) is 14.7 Å². The molecule has 0 radical (unpaired) electrons. The van der Waals surface area contributed by atoms with E-state index in [2.05, 4.69) is 313 Å². The lowest BCUT2D eigenvalue weighted by Crippen LogP contribution is -2.05. The Labute approximate surface area is 411 Å². The summed E-state index contributed by atoms with van der Waals surface area (Å²) in [6, 6.07) is 38.2. The summed E-state index contributed by atoms with van der Waals surface area (Å²) < 4.78 is 29.3. The van der Waals surface area contributed by atoms with Crippen LogP contribution in [-0.2, 0) is 10.9 Å². The van der Waals surface area contributed by atoms with Gasteiger partial charge in [-0.25, -0.2) is 0 Å². The molecule has 248 valence electrons. The third-order valence-electron chi connectivity index (χ3n) is 6.73. The summed E-state index contributed by atoms with van der Waals surface area (Å²) in [5.74, 6) is 5.07. The Morgan fingerprint density at radius 2 is 0.510 bits per heavy atom. The van der Waals surface area contributed by atoms with Gasteiger partial charge in [0.2, 0.25) is 0 Å². The zero-order chi connectivity index (χ0) is 34.8. The van der Waals surface area contributed by atoms with Crippen molar-refractivity contribution in [3.05, 3.63) is 141 Å². The van der Waals surface area contributed by atoms with Gasteiger partial charge in [-0.05, 0) is 313 Å². The van der Waals surface area contributed by atoms with Crippen molar-refractivity contribution in [2.75, 3.05) is 0 Å². The molecule has 0 unspecified atom stereocenters. The number of halogens is 9. The quantitative estimate of drug-likeness (QED) is 0.107. The minimum atomic E-state index is -0.393. The average Bonchev–Trinajstić information content (AvgIpc) is 3.04. The molecule has 0 amide bonds. The van der Waals surface area contributed by atoms with Crippen LogP contribution in [0.5, 0.6) is 34.5 Å². The minimum Gasteiger partial charge on any atom is -0.455 e. The van der Waals surface area contributed by atoms with Crippen LogP contribution in [0.3, 0.4) is 0 Å². The van der Waals surface area contributed by atoms with Crippen molar-refractivity contribution < 1.29 is 14.2 Å². The monoisotopic (exact) mass is 1670 g/mol. The highest BCUT2D eigenvalue weighted by Gasteiger charge is 2.29. The number of hydrogen-bond donors (Lipinski definition) is 0. The molecule has 0 heterocycles. The Morgan fingerprint density at radius 1 is 0.306 bits per heavy atom. The molecule has 0 saturated heterocycles. The predicted molar refractivity (Wildman–Crippen MR) is 275 cm³/mol. The first kappa shape index (κ1) is 40.3. The number of rotatable bonds is 9. The van der Waals surface area contributed by atoms with Crippen LogP contribution in [0.2, 0.25) is 0 Å². The molecule has 0 spiro atoms. The van der Waals surface area contributed by atoms with Crippen LogP contribution in [-0.4, -0.2) is 0 Å². The predicted octanol–water partition coefficient (Wildman–Crippen LogP) is 15.6. The first-order valence-electron chi connectivity index (χ1n) is 14.0. The third-order valence-corrected chi connectivity index (χ3v) is 15.6. The highest BCUT2D eigenvalue weighted by Crippen LogP contribution is 2.39. The van der Waals surface area contributed by atoms with E-state index in [1.54, 1.807) is 0 Å². The van der Waals surface area contributed by atoms with Gasteiger partial charge in [0, 0.05) is 10.7 Å². The van der Waals surface area contributed by atoms with E-state index in [1.807, 2.05) is 0 Å². The first-order valence-corrected chi connectivity index (χ1v) is 24.9. The van der Waals surface area contributed by atoms with Gasteiger partial charge in [0.1, 0.15) is 17.2 Å². The van der Waals surface area contributed by atoms with E-state index in [1.165, 1.54) is 25.4 Å². The summed E-state index contributed by atoms with van der Waals surface area (Å²) in [4.78, 5) is 3.56. The minimum absolute atomic E-state index is 0.393. The average molecular weight is 1670 g/mol. The summed E-state index contributed by atoms with van der Waals surface area (Å²) in [6.07, 6.45) is 0. The molecule has 0 aromatic heterocycles. The second kappa shape index (κ2) is 18.5. The highest BCUT2D eigenvalue weighted by atomic mass is 127. The number of hydrogen-bond acceptors (Lipinski definition) is 3. The largest absolute Gasteiger partial charge is 0.455 e. The third kappa shape index (κ3) is 10.5. The van der Waals surface area contributed by atoms with E-state index in [4.69, 9.17) is 14.2 Å². The maximum Gasteiger partial charge on any atom is 0.166 e. The summed E-state index contributed by atoms with van der Waals surface area (Å²) >= 11 is 21.1. The van der Waals surface area contributed by atoms with Crippen LogP contribution in [0.25, 0.3) is 0 Å². The van der Waals surface area contributed by atoms with E-state index in [-0.39, 0.29) is 0 Å². The molecule has 6 aromatic carbocycles. The zero-order valence-corrected chi connectivity index (χ0v) is 44.7. The van der Waals surface area contributed by atoms with Crippen molar-refractivity contribution in [1.82, 2.24) is 0 Å². The second-order valence-electron chi connectivity index (χ2n) is 10.1. The van der Waals surface area contributed by atoms with Gasteiger partial charge in [-0.15, -0.1) is 0 Å². The van der Waals surface area contributed by atoms with E-state index < -0.39 is 10.9 Å². The molecular formula is C36H18I9O3S+. The van der Waals surface area contributed by atoms with Crippen LogP contribution in [0, 0.1) is 32.1 Å². The summed E-state index contributed by atoms with van der Waals surface area (Å²) in [5, 5.41) is 0. The van der Waals surface area contributed by atoms with Gasteiger partial charge in [-0.3, -0.25) is 0 Å². The molecule has 49 heavy (non-hydrogen) atoms. The van der Waals surface area contributed by atoms with E-state index >= 15 is 0 Å². The standard InChI is InChI=1S/C36H18I9O3S/c37-19-13-28(40)34(29(41)14-19)46-22-1-7-25(8-2-22)49(26-9-3-23(4-10-26)47-35-30(42)15-20(38)16-31(35)43)27-11-5-24(6-12-27)48-36-32(44)17-21(39)18-33(36)45/h1-18H/q+1. The lowest BCUT2D eigenvalue weighted by atomic mass is 10.3. The Balaban J connectivity index is 1.32. The molecule has 0 fully saturated rings. The zero-order valence-electron chi connectivity index (χ0n) is 24.4. The van der Waals surface area contributed by atoms with Crippen molar-refractivity contribution in [3.8, 4) is 34.5 Å². The van der Waals surface area contributed by atoms with Gasteiger partial charge in [-0.1, -0.05) is 0 Å². The summed E-state index contributed by atoms with van der Waals surface area (Å²) in [6.45, 7) is 0. The Bertz CT molecular complexity index is 1830. The molecule has 0 bridgehead atoms. The molecule has 0 atom stereocenters. The fourth-order valence-corrected chi connectivity index (χ4v) is 18.0. The molecule has 0 aliphatic heterocycles. The van der Waals surface area contributed by atoms with Gasteiger partial charge in [-0.2, -0.15) is 0 Å². The molecular weight excluding hydrogens is 1650 g/mol. The van der Waals surface area contributed by atoms with Crippen LogP contribution in [0.1, 0.15) is 0 Å². The van der Waals surface area contributed by atoms with Crippen LogP contribution < -0.4 is 14.2 Å². The Kier molecular flexibility index (Phi) is 15.2. The molecule has 0 aliphatic carbocycles. The normalized spacial score (nSPS) is 11.1. The molecule has 6 rings (SSSR count). The van der Waals surface area contributed by atoms with Gasteiger partial charge < -0.3 is 14.2 Å². The Morgan fingerprint density at radius 3 is 0.714 bits per heavy atom. The van der Waals surface area contributed by atoms with Gasteiger partial charge in [0.05, 0.1) is 32.3 Å². The smallest absolute Gasteiger partial charge is 0.166 e. The lowest BCUT2D eigenvalue weighted by Gasteiger charge is -2.14. The highest BCUT2D eigenvalue weighted by molar-refractivity contribution is 14.1. The first-order chi connectivity index (χ1) is 23.4. The molecule has 6 aromatic rings. The number of ether oxygens (including phenoxy) is 3. The molecule has 0 saturated carbocycles. The van der Waals surface area contributed by atoms with Gasteiger partial charge in [0.25, 0.3) is 0 Å². The van der Waals surface area contributed by atoms with Crippen molar-refractivity contribution in [3.63, 3.8) is 0 Å². The van der Waals surface area contributed by atoms with Crippen LogP contribution in [0.4, 0.5) is 0 Å². The summed E-state index contributed by atoms with van der Waals surface area (Å²) in [7, 11) is -0.393. The van der Waals surface area contributed by atoms with Crippen molar-refractivity contribution in [2.24, 2.45) is 0 Å². The van der Waals surface area contributed by atoms with Gasteiger partial charge >= 0.3 is 0 Å². The fraction of sp³-hybridized carbons (Fsp3) is 0. The molecule has 0 aliphatic rings. The van der Waals surface area contributed by atoms with Gasteiger partial charge in [0.15, 0.2) is 31.9 Å². The van der Waals surface area contributed by atoms with Crippen LogP contribution >= 0.6 is 203 Å². The van der Waals surface area contributed by atoms with Crippen LogP contribution in [0.15, 0.2) is 124 Å². The lowest BCUT2D eigenvalue weighted by molar-refractivity contribution is 0.475. The maximum absolute atomic E-state index is 6.39. The van der Waals surface area contributed by atoms with E-state index in [0.29, 0.717) is 0 Å². The topological polar surface area (TPSA) is 27.7 Å². The summed E-state index contributed by atoms with van der Waals surface area (Å²) in [5.41, 5.74) is 0. The Hall–Kier alpha value is 1.64. The molecule has 13 heteroatoms. The second-order valence-corrected chi connectivity index (χ2v) is 22.9. The van der Waals surface area contributed by atoms with Crippen molar-refractivity contribution in [1.29, 1.82) is 0 Å². The molecule has 3 nitrogen and oxygen atoms in total. The van der Waals surface area contributed by atoms with Crippen molar-refractivity contribution >= 4 is 214 Å². The molecule has 0 N–H and O–H groups in total. The van der Waals surface area contributed by atoms with E-state index in [0.717, 1.165) is 55.9 Å². The SMILES string of the molecule is Ic1cc(I)c(Oc2ccc([S+](c3ccc(Oc4c(I)cc(I)cc4I)cc3)c3ccc(Oc4c(I)cc(I)cc4I)cc3)cc2)c(I)c1.